The number of hydrogen-bond acceptors (Lipinski definition) is 5. The molecule has 0 saturated carbocycles. The number of hydrogen-bond donors (Lipinski definition) is 1. The van der Waals surface area contributed by atoms with Crippen molar-refractivity contribution in [1.29, 1.82) is 0 Å². The van der Waals surface area contributed by atoms with E-state index in [0.29, 0.717) is 17.2 Å². The molecular weight excluding hydrogens is 282 g/mol. The molecule has 0 aliphatic rings. The number of anilines is 1. The second kappa shape index (κ2) is 4.68. The Labute approximate surface area is 124 Å². The van der Waals surface area contributed by atoms with Gasteiger partial charge in [0.25, 0.3) is 0 Å². The second-order valence-electron chi connectivity index (χ2n) is 4.57. The van der Waals surface area contributed by atoms with Crippen molar-refractivity contribution < 1.29 is 0 Å². The molecule has 3 heterocycles. The standard InChI is InChI=1S/C15H11N5S/c16-13-12-15(20(9-17-12)11-6-7-21-8-11)19-14(18-13)10-4-2-1-3-5-10/h1-9H,(H2,16,18,19). The molecule has 0 aliphatic carbocycles. The number of benzene rings is 1. The highest BCUT2D eigenvalue weighted by atomic mass is 32.1. The molecule has 0 atom stereocenters. The minimum atomic E-state index is 0.396. The molecule has 1 aromatic carbocycles. The fourth-order valence-corrected chi connectivity index (χ4v) is 2.85. The number of nitrogen functional groups attached to an aromatic ring is 1. The van der Waals surface area contributed by atoms with Crippen LogP contribution in [0.4, 0.5) is 5.82 Å². The Bertz CT molecular complexity index is 897. The Hall–Kier alpha value is -2.73. The van der Waals surface area contributed by atoms with E-state index >= 15 is 0 Å². The maximum atomic E-state index is 6.04. The van der Waals surface area contributed by atoms with E-state index in [1.54, 1.807) is 17.7 Å². The SMILES string of the molecule is Nc1nc(-c2ccccc2)nc2c1ncn2-c1ccsc1. The average Bonchev–Trinajstić information content (AvgIpc) is 3.16. The van der Waals surface area contributed by atoms with Crippen molar-refractivity contribution in [1.82, 2.24) is 19.5 Å². The van der Waals surface area contributed by atoms with Gasteiger partial charge in [0.15, 0.2) is 22.8 Å². The molecule has 5 nitrogen and oxygen atoms in total. The monoisotopic (exact) mass is 293 g/mol. The molecule has 21 heavy (non-hydrogen) atoms. The third-order valence-corrected chi connectivity index (χ3v) is 3.91. The van der Waals surface area contributed by atoms with Gasteiger partial charge in [-0.25, -0.2) is 15.0 Å². The van der Waals surface area contributed by atoms with Gasteiger partial charge in [0.05, 0.1) is 5.69 Å². The summed E-state index contributed by atoms with van der Waals surface area (Å²) in [7, 11) is 0. The van der Waals surface area contributed by atoms with Crippen LogP contribution in [0.3, 0.4) is 0 Å². The lowest BCUT2D eigenvalue weighted by Gasteiger charge is -2.04. The van der Waals surface area contributed by atoms with Gasteiger partial charge in [-0.15, -0.1) is 0 Å². The van der Waals surface area contributed by atoms with Crippen molar-refractivity contribution in [3.05, 3.63) is 53.5 Å². The van der Waals surface area contributed by atoms with Crippen molar-refractivity contribution in [2.75, 3.05) is 5.73 Å². The molecule has 6 heteroatoms. The van der Waals surface area contributed by atoms with Gasteiger partial charge in [0.2, 0.25) is 0 Å². The molecule has 0 saturated heterocycles. The van der Waals surface area contributed by atoms with E-state index in [2.05, 4.69) is 15.0 Å². The predicted octanol–water partition coefficient (Wildman–Crippen LogP) is 3.13. The van der Waals surface area contributed by atoms with Crippen LogP contribution >= 0.6 is 11.3 Å². The molecule has 0 amide bonds. The van der Waals surface area contributed by atoms with Crippen molar-refractivity contribution >= 4 is 28.3 Å². The summed E-state index contributed by atoms with van der Waals surface area (Å²) >= 11 is 1.63. The first-order valence-corrected chi connectivity index (χ1v) is 7.36. The van der Waals surface area contributed by atoms with Gasteiger partial charge in [0.1, 0.15) is 6.33 Å². The molecule has 0 unspecified atom stereocenters. The Morgan fingerprint density at radius 1 is 1.05 bits per heavy atom. The zero-order valence-corrected chi connectivity index (χ0v) is 11.8. The van der Waals surface area contributed by atoms with Crippen LogP contribution in [0.15, 0.2) is 53.5 Å². The molecule has 3 aromatic heterocycles. The van der Waals surface area contributed by atoms with Crippen LogP contribution < -0.4 is 5.73 Å². The summed E-state index contributed by atoms with van der Waals surface area (Å²) in [5.41, 5.74) is 9.35. The minimum absolute atomic E-state index is 0.396. The van der Waals surface area contributed by atoms with E-state index in [1.165, 1.54) is 0 Å². The minimum Gasteiger partial charge on any atom is -0.382 e. The third kappa shape index (κ3) is 1.96. The lowest BCUT2D eigenvalue weighted by atomic mass is 10.2. The van der Waals surface area contributed by atoms with Crippen molar-refractivity contribution in [3.8, 4) is 17.1 Å². The van der Waals surface area contributed by atoms with Gasteiger partial charge in [-0.3, -0.25) is 4.57 Å². The lowest BCUT2D eigenvalue weighted by Crippen LogP contribution is -2.00. The Morgan fingerprint density at radius 2 is 1.90 bits per heavy atom. The third-order valence-electron chi connectivity index (χ3n) is 3.24. The topological polar surface area (TPSA) is 69.6 Å². The van der Waals surface area contributed by atoms with Crippen LogP contribution in [0.5, 0.6) is 0 Å². The molecule has 0 bridgehead atoms. The number of imidazole rings is 1. The number of thiophene rings is 1. The van der Waals surface area contributed by atoms with E-state index < -0.39 is 0 Å². The molecule has 4 rings (SSSR count). The van der Waals surface area contributed by atoms with Crippen LogP contribution in [-0.4, -0.2) is 19.5 Å². The maximum Gasteiger partial charge on any atom is 0.170 e. The molecule has 2 N–H and O–H groups in total. The Kier molecular flexibility index (Phi) is 2.68. The highest BCUT2D eigenvalue weighted by molar-refractivity contribution is 7.08. The first kappa shape index (κ1) is 12.0. The van der Waals surface area contributed by atoms with Gasteiger partial charge in [-0.2, -0.15) is 11.3 Å². The van der Waals surface area contributed by atoms with Crippen LogP contribution in [-0.2, 0) is 0 Å². The largest absolute Gasteiger partial charge is 0.382 e. The van der Waals surface area contributed by atoms with E-state index in [9.17, 15) is 0 Å². The number of aromatic nitrogens is 4. The highest BCUT2D eigenvalue weighted by Gasteiger charge is 2.13. The normalized spacial score (nSPS) is 11.0. The summed E-state index contributed by atoms with van der Waals surface area (Å²) in [6, 6.07) is 11.8. The molecule has 4 aromatic rings. The number of nitrogens with zero attached hydrogens (tertiary/aromatic N) is 4. The molecule has 0 radical (unpaired) electrons. The number of fused-ring (bicyclic) bond motifs is 1. The van der Waals surface area contributed by atoms with E-state index in [0.717, 1.165) is 16.9 Å². The van der Waals surface area contributed by atoms with Gasteiger partial charge < -0.3 is 5.73 Å². The Balaban J connectivity index is 1.98. The Morgan fingerprint density at radius 3 is 2.67 bits per heavy atom. The van der Waals surface area contributed by atoms with Crippen molar-refractivity contribution in [2.45, 2.75) is 0 Å². The maximum absolute atomic E-state index is 6.04. The molecule has 0 aliphatic heterocycles. The average molecular weight is 293 g/mol. The molecule has 102 valence electrons. The van der Waals surface area contributed by atoms with Gasteiger partial charge in [-0.1, -0.05) is 30.3 Å². The highest BCUT2D eigenvalue weighted by Crippen LogP contribution is 2.24. The molecular formula is C15H11N5S. The summed E-state index contributed by atoms with van der Waals surface area (Å²) in [5.74, 6) is 1.01. The summed E-state index contributed by atoms with van der Waals surface area (Å²) in [5, 5.41) is 4.06. The number of rotatable bonds is 2. The van der Waals surface area contributed by atoms with E-state index in [-0.39, 0.29) is 0 Å². The first-order valence-electron chi connectivity index (χ1n) is 6.41. The van der Waals surface area contributed by atoms with E-state index in [1.807, 2.05) is 51.7 Å². The van der Waals surface area contributed by atoms with Gasteiger partial charge in [0, 0.05) is 10.9 Å². The van der Waals surface area contributed by atoms with E-state index in [4.69, 9.17) is 5.73 Å². The zero-order chi connectivity index (χ0) is 14.2. The zero-order valence-electron chi connectivity index (χ0n) is 11.0. The summed E-state index contributed by atoms with van der Waals surface area (Å²) < 4.78 is 1.93. The van der Waals surface area contributed by atoms with Crippen molar-refractivity contribution in [3.63, 3.8) is 0 Å². The second-order valence-corrected chi connectivity index (χ2v) is 5.35. The summed E-state index contributed by atoms with van der Waals surface area (Å²) in [4.78, 5) is 13.3. The lowest BCUT2D eigenvalue weighted by molar-refractivity contribution is 1.07. The van der Waals surface area contributed by atoms with Crippen LogP contribution in [0.2, 0.25) is 0 Å². The van der Waals surface area contributed by atoms with Crippen LogP contribution in [0, 0.1) is 0 Å². The predicted molar refractivity (Wildman–Crippen MR) is 84.4 cm³/mol. The summed E-state index contributed by atoms with van der Waals surface area (Å²) in [6.45, 7) is 0. The molecule has 0 fully saturated rings. The fourth-order valence-electron chi connectivity index (χ4n) is 2.22. The van der Waals surface area contributed by atoms with Crippen LogP contribution in [0.1, 0.15) is 0 Å². The number of nitrogens with two attached hydrogens (primary N) is 1. The van der Waals surface area contributed by atoms with Gasteiger partial charge in [-0.05, 0) is 11.4 Å². The smallest absolute Gasteiger partial charge is 0.170 e. The molecule has 0 spiro atoms. The first-order chi connectivity index (χ1) is 10.3. The quantitative estimate of drug-likeness (QED) is 0.616. The summed E-state index contributed by atoms with van der Waals surface area (Å²) in [6.07, 6.45) is 1.73. The fraction of sp³-hybridized carbons (Fsp3) is 0. The van der Waals surface area contributed by atoms with Crippen molar-refractivity contribution in [2.24, 2.45) is 0 Å². The van der Waals surface area contributed by atoms with Gasteiger partial charge >= 0.3 is 0 Å². The van der Waals surface area contributed by atoms with Crippen LogP contribution in [0.25, 0.3) is 28.2 Å².